The number of aliphatic hydroxyl groups is 1. The summed E-state index contributed by atoms with van der Waals surface area (Å²) in [5, 5.41) is 13.9. The molecule has 1 saturated carbocycles. The van der Waals surface area contributed by atoms with Gasteiger partial charge >= 0.3 is 0 Å². The number of ether oxygens (including phenoxy) is 1. The van der Waals surface area contributed by atoms with Crippen molar-refractivity contribution in [3.8, 4) is 0 Å². The minimum Gasteiger partial charge on any atom is -0.387 e. The van der Waals surface area contributed by atoms with Crippen LogP contribution in [0.4, 0.5) is 5.95 Å². The predicted octanol–water partition coefficient (Wildman–Crippen LogP) is 2.07. The fraction of sp³-hybridized carbons (Fsp3) is 0.733. The minimum absolute atomic E-state index is 0.111. The Balaban J connectivity index is 2.00. The quantitative estimate of drug-likeness (QED) is 0.863. The van der Waals surface area contributed by atoms with Crippen molar-refractivity contribution >= 4 is 5.95 Å². The molecule has 0 radical (unpaired) electrons. The third-order valence-electron chi connectivity index (χ3n) is 4.42. The summed E-state index contributed by atoms with van der Waals surface area (Å²) < 4.78 is 5.66. The second-order valence-corrected chi connectivity index (χ2v) is 6.23. The Morgan fingerprint density at radius 3 is 2.45 bits per heavy atom. The first-order chi connectivity index (χ1) is 9.28. The molecule has 0 bridgehead atoms. The lowest BCUT2D eigenvalue weighted by Gasteiger charge is -2.57. The van der Waals surface area contributed by atoms with E-state index < -0.39 is 5.60 Å². The molecule has 2 atom stereocenters. The van der Waals surface area contributed by atoms with E-state index in [4.69, 9.17) is 4.74 Å². The molecule has 0 saturated heterocycles. The second kappa shape index (κ2) is 5.30. The molecule has 0 spiro atoms. The number of nitrogens with zero attached hydrogens (tertiary/aromatic N) is 2. The Bertz CT molecular complexity index is 470. The molecule has 0 amide bonds. The van der Waals surface area contributed by atoms with Gasteiger partial charge in [-0.15, -0.1) is 0 Å². The van der Waals surface area contributed by atoms with Gasteiger partial charge < -0.3 is 15.2 Å². The number of rotatable bonds is 5. The van der Waals surface area contributed by atoms with Crippen molar-refractivity contribution in [2.24, 2.45) is 5.41 Å². The molecule has 1 heterocycles. The van der Waals surface area contributed by atoms with Gasteiger partial charge in [-0.2, -0.15) is 0 Å². The highest BCUT2D eigenvalue weighted by Gasteiger charge is 2.59. The summed E-state index contributed by atoms with van der Waals surface area (Å²) in [4.78, 5) is 8.67. The molecule has 1 aromatic heterocycles. The maximum atomic E-state index is 10.7. The number of aryl methyl sites for hydroxylation is 2. The predicted molar refractivity (Wildman–Crippen MR) is 78.8 cm³/mol. The van der Waals surface area contributed by atoms with Crippen molar-refractivity contribution in [2.45, 2.75) is 52.7 Å². The topological polar surface area (TPSA) is 67.3 Å². The van der Waals surface area contributed by atoms with Gasteiger partial charge in [-0.3, -0.25) is 0 Å². The van der Waals surface area contributed by atoms with E-state index in [1.54, 1.807) is 0 Å². The second-order valence-electron chi connectivity index (χ2n) is 6.23. The van der Waals surface area contributed by atoms with Gasteiger partial charge in [0.2, 0.25) is 5.95 Å². The summed E-state index contributed by atoms with van der Waals surface area (Å²) in [5.74, 6) is 0.576. The van der Waals surface area contributed by atoms with E-state index in [-0.39, 0.29) is 11.5 Å². The molecule has 1 aliphatic rings. The van der Waals surface area contributed by atoms with Gasteiger partial charge in [0.05, 0.1) is 11.7 Å². The van der Waals surface area contributed by atoms with Crippen molar-refractivity contribution in [1.29, 1.82) is 0 Å². The maximum Gasteiger partial charge on any atom is 0.223 e. The summed E-state index contributed by atoms with van der Waals surface area (Å²) in [7, 11) is 0. The van der Waals surface area contributed by atoms with Gasteiger partial charge in [-0.25, -0.2) is 9.97 Å². The van der Waals surface area contributed by atoms with Crippen LogP contribution in [0.1, 0.15) is 38.6 Å². The number of nitrogens with one attached hydrogen (secondary N) is 1. The van der Waals surface area contributed by atoms with E-state index in [0.717, 1.165) is 11.4 Å². The van der Waals surface area contributed by atoms with Crippen LogP contribution in [0.5, 0.6) is 0 Å². The van der Waals surface area contributed by atoms with Crippen LogP contribution in [0.2, 0.25) is 0 Å². The van der Waals surface area contributed by atoms with E-state index in [2.05, 4.69) is 15.3 Å². The van der Waals surface area contributed by atoms with Crippen LogP contribution in [0.15, 0.2) is 6.07 Å². The van der Waals surface area contributed by atoms with Crippen LogP contribution in [0.25, 0.3) is 0 Å². The number of aromatic nitrogens is 2. The molecule has 2 N–H and O–H groups in total. The molecule has 5 nitrogen and oxygen atoms in total. The van der Waals surface area contributed by atoms with Crippen molar-refractivity contribution in [1.82, 2.24) is 9.97 Å². The molecule has 1 fully saturated rings. The third kappa shape index (κ3) is 2.65. The molecule has 1 aromatic rings. The summed E-state index contributed by atoms with van der Waals surface area (Å²) in [6, 6.07) is 1.93. The van der Waals surface area contributed by atoms with Gasteiger partial charge in [0.15, 0.2) is 0 Å². The SMILES string of the molecule is CCOC1CC(O)(CNc2nc(C)cc(C)n2)C1(C)C. The van der Waals surface area contributed by atoms with Gasteiger partial charge in [-0.05, 0) is 26.8 Å². The van der Waals surface area contributed by atoms with E-state index in [1.807, 2.05) is 40.7 Å². The molecule has 0 aromatic carbocycles. The summed E-state index contributed by atoms with van der Waals surface area (Å²) in [6.07, 6.45) is 0.755. The summed E-state index contributed by atoms with van der Waals surface area (Å²) in [5.41, 5.74) is 0.794. The van der Waals surface area contributed by atoms with E-state index >= 15 is 0 Å². The first kappa shape index (κ1) is 15.2. The highest BCUT2D eigenvalue weighted by molar-refractivity contribution is 5.30. The van der Waals surface area contributed by atoms with Crippen LogP contribution in [-0.2, 0) is 4.74 Å². The average molecular weight is 279 g/mol. The highest BCUT2D eigenvalue weighted by Crippen LogP contribution is 2.51. The van der Waals surface area contributed by atoms with Crippen molar-refractivity contribution in [3.05, 3.63) is 17.5 Å². The Hall–Kier alpha value is -1.20. The minimum atomic E-state index is -0.784. The Morgan fingerprint density at radius 2 is 1.95 bits per heavy atom. The fourth-order valence-electron chi connectivity index (χ4n) is 2.79. The van der Waals surface area contributed by atoms with Crippen LogP contribution < -0.4 is 5.32 Å². The molecule has 5 heteroatoms. The molecule has 2 unspecified atom stereocenters. The van der Waals surface area contributed by atoms with Gasteiger partial charge in [0.1, 0.15) is 0 Å². The molecule has 0 aliphatic heterocycles. The van der Waals surface area contributed by atoms with E-state index in [9.17, 15) is 5.11 Å². The molecule has 2 rings (SSSR count). The standard InChI is InChI=1S/C15H25N3O2/c1-6-20-12-8-15(19,14(12,4)5)9-16-13-17-10(2)7-11(3)18-13/h7,12,19H,6,8-9H2,1-5H3,(H,16,17,18). The Labute approximate surface area is 120 Å². The Morgan fingerprint density at radius 1 is 1.35 bits per heavy atom. The lowest BCUT2D eigenvalue weighted by molar-refractivity contribution is -0.233. The molecule has 20 heavy (non-hydrogen) atoms. The van der Waals surface area contributed by atoms with Crippen LogP contribution in [0.3, 0.4) is 0 Å². The van der Waals surface area contributed by atoms with Gasteiger partial charge in [0.25, 0.3) is 0 Å². The average Bonchev–Trinajstić information content (AvgIpc) is 2.35. The smallest absolute Gasteiger partial charge is 0.223 e. The number of hydrogen-bond acceptors (Lipinski definition) is 5. The maximum absolute atomic E-state index is 10.7. The normalized spacial score (nSPS) is 28.0. The van der Waals surface area contributed by atoms with E-state index in [1.165, 1.54) is 0 Å². The molecule has 112 valence electrons. The number of anilines is 1. The first-order valence-corrected chi connectivity index (χ1v) is 7.18. The molecular formula is C15H25N3O2. The molecular weight excluding hydrogens is 254 g/mol. The Kier molecular flexibility index (Phi) is 4.02. The zero-order valence-corrected chi connectivity index (χ0v) is 13.0. The first-order valence-electron chi connectivity index (χ1n) is 7.18. The highest BCUT2D eigenvalue weighted by atomic mass is 16.5. The summed E-state index contributed by atoms with van der Waals surface area (Å²) in [6.45, 7) is 11.1. The zero-order chi connectivity index (χ0) is 15.0. The largest absolute Gasteiger partial charge is 0.387 e. The van der Waals surface area contributed by atoms with Crippen molar-refractivity contribution in [2.75, 3.05) is 18.5 Å². The lowest BCUT2D eigenvalue weighted by atomic mass is 9.56. The lowest BCUT2D eigenvalue weighted by Crippen LogP contribution is -2.67. The van der Waals surface area contributed by atoms with E-state index in [0.29, 0.717) is 25.5 Å². The van der Waals surface area contributed by atoms with Crippen LogP contribution in [0, 0.1) is 19.3 Å². The van der Waals surface area contributed by atoms with Gasteiger partial charge in [-0.1, -0.05) is 13.8 Å². The van der Waals surface area contributed by atoms with Gasteiger partial charge in [0, 0.05) is 36.4 Å². The van der Waals surface area contributed by atoms with Crippen molar-refractivity contribution in [3.63, 3.8) is 0 Å². The zero-order valence-electron chi connectivity index (χ0n) is 13.0. The van der Waals surface area contributed by atoms with Crippen LogP contribution >= 0.6 is 0 Å². The third-order valence-corrected chi connectivity index (χ3v) is 4.42. The van der Waals surface area contributed by atoms with Crippen molar-refractivity contribution < 1.29 is 9.84 Å². The molecule has 1 aliphatic carbocycles. The summed E-state index contributed by atoms with van der Waals surface area (Å²) >= 11 is 0. The van der Waals surface area contributed by atoms with Crippen LogP contribution in [-0.4, -0.2) is 39.9 Å². The monoisotopic (exact) mass is 279 g/mol. The fourth-order valence-corrected chi connectivity index (χ4v) is 2.79. The number of hydrogen-bond donors (Lipinski definition) is 2.